The third kappa shape index (κ3) is 3.46. The van der Waals surface area contributed by atoms with E-state index in [4.69, 9.17) is 4.74 Å². The van der Waals surface area contributed by atoms with Crippen LogP contribution in [0.15, 0.2) is 60.8 Å². The maximum atomic E-state index is 13.1. The summed E-state index contributed by atoms with van der Waals surface area (Å²) in [5.74, 6) is 1.38. The van der Waals surface area contributed by atoms with Gasteiger partial charge < -0.3 is 19.5 Å². The molecule has 1 amide bonds. The van der Waals surface area contributed by atoms with E-state index in [-0.39, 0.29) is 11.4 Å². The molecule has 1 spiro atoms. The van der Waals surface area contributed by atoms with Crippen LogP contribution in [0.4, 0.5) is 5.69 Å². The van der Waals surface area contributed by atoms with Gasteiger partial charge in [0.2, 0.25) is 0 Å². The molecule has 3 heterocycles. The number of aromatic nitrogens is 1. The van der Waals surface area contributed by atoms with Gasteiger partial charge in [-0.25, -0.2) is 0 Å². The number of piperidine rings is 1. The van der Waals surface area contributed by atoms with E-state index >= 15 is 0 Å². The lowest BCUT2D eigenvalue weighted by Crippen LogP contribution is -2.51. The smallest absolute Gasteiger partial charge is 0.253 e. The van der Waals surface area contributed by atoms with Crippen molar-refractivity contribution in [1.82, 2.24) is 9.47 Å². The van der Waals surface area contributed by atoms with E-state index in [1.54, 1.807) is 0 Å². The predicted molar refractivity (Wildman–Crippen MR) is 128 cm³/mol. The molecule has 32 heavy (non-hydrogen) atoms. The van der Waals surface area contributed by atoms with Gasteiger partial charge in [-0.15, -0.1) is 0 Å². The summed E-state index contributed by atoms with van der Waals surface area (Å²) in [5, 5.41) is 3.90. The standard InChI is InChI=1S/C27H31N3O2/c1-4-32-22-10-7-20(8-11-22)26(31)29-16-13-27(14-17-29)25-6-5-15-30(25)24-12-9-21(19(2)3)18-23(24)28-27/h5-12,15,18-19,28H,4,13-14,16-17H2,1-3H3. The van der Waals surface area contributed by atoms with E-state index in [9.17, 15) is 4.79 Å². The van der Waals surface area contributed by atoms with Gasteiger partial charge in [0, 0.05) is 30.5 Å². The molecule has 1 N–H and O–H groups in total. The molecular weight excluding hydrogens is 398 g/mol. The molecule has 166 valence electrons. The lowest BCUT2D eigenvalue weighted by atomic mass is 9.82. The molecule has 5 rings (SSSR count). The lowest BCUT2D eigenvalue weighted by molar-refractivity contribution is 0.0676. The fraction of sp³-hybridized carbons (Fsp3) is 0.370. The highest BCUT2D eigenvalue weighted by atomic mass is 16.5. The van der Waals surface area contributed by atoms with Crippen LogP contribution in [0.2, 0.25) is 0 Å². The van der Waals surface area contributed by atoms with Crippen molar-refractivity contribution >= 4 is 11.6 Å². The van der Waals surface area contributed by atoms with E-state index in [1.807, 2.05) is 36.1 Å². The Bertz CT molecular complexity index is 1120. The van der Waals surface area contributed by atoms with Gasteiger partial charge in [0.15, 0.2) is 0 Å². The molecule has 5 heteroatoms. The van der Waals surface area contributed by atoms with Crippen LogP contribution in [-0.4, -0.2) is 35.1 Å². The second-order valence-electron chi connectivity index (χ2n) is 9.15. The van der Waals surface area contributed by atoms with Gasteiger partial charge >= 0.3 is 0 Å². The Morgan fingerprint density at radius 2 is 1.84 bits per heavy atom. The number of benzene rings is 2. The SMILES string of the molecule is CCOc1ccc(C(=O)N2CCC3(CC2)Nc2cc(C(C)C)ccc2-n2cccc23)cc1. The summed E-state index contributed by atoms with van der Waals surface area (Å²) >= 11 is 0. The number of nitrogens with one attached hydrogen (secondary N) is 1. The number of carbonyl (C=O) groups excluding carboxylic acids is 1. The summed E-state index contributed by atoms with van der Waals surface area (Å²) in [6, 6.07) is 18.6. The molecule has 0 radical (unpaired) electrons. The molecular formula is C27H31N3O2. The molecule has 1 fully saturated rings. The highest BCUT2D eigenvalue weighted by Crippen LogP contribution is 2.44. The van der Waals surface area contributed by atoms with Gasteiger partial charge in [0.25, 0.3) is 5.91 Å². The zero-order chi connectivity index (χ0) is 22.3. The summed E-state index contributed by atoms with van der Waals surface area (Å²) in [5.41, 5.74) is 5.58. The number of likely N-dealkylation sites (tertiary alicyclic amines) is 1. The van der Waals surface area contributed by atoms with Gasteiger partial charge in [-0.2, -0.15) is 0 Å². The highest BCUT2D eigenvalue weighted by Gasteiger charge is 2.42. The van der Waals surface area contributed by atoms with E-state index in [1.165, 1.54) is 22.6 Å². The molecule has 1 aromatic heterocycles. The van der Waals surface area contributed by atoms with Gasteiger partial charge in [0.05, 0.1) is 23.5 Å². The highest BCUT2D eigenvalue weighted by molar-refractivity contribution is 5.94. The number of hydrogen-bond acceptors (Lipinski definition) is 3. The van der Waals surface area contributed by atoms with E-state index in [0.717, 1.165) is 37.2 Å². The molecule has 0 bridgehead atoms. The lowest BCUT2D eigenvalue weighted by Gasteiger charge is -2.46. The first-order chi connectivity index (χ1) is 15.5. The Labute approximate surface area is 190 Å². The number of fused-ring (bicyclic) bond motifs is 4. The molecule has 0 unspecified atom stereocenters. The maximum Gasteiger partial charge on any atom is 0.253 e. The van der Waals surface area contributed by atoms with Crippen molar-refractivity contribution < 1.29 is 9.53 Å². The third-order valence-corrected chi connectivity index (χ3v) is 6.88. The molecule has 2 aliphatic rings. The minimum atomic E-state index is -0.151. The monoisotopic (exact) mass is 429 g/mol. The van der Waals surface area contributed by atoms with Crippen molar-refractivity contribution in [3.8, 4) is 11.4 Å². The number of anilines is 1. The summed E-state index contributed by atoms with van der Waals surface area (Å²) in [6.45, 7) is 8.49. The Morgan fingerprint density at radius 1 is 1.09 bits per heavy atom. The summed E-state index contributed by atoms with van der Waals surface area (Å²) in [7, 11) is 0. The van der Waals surface area contributed by atoms with E-state index < -0.39 is 0 Å². The van der Waals surface area contributed by atoms with Crippen molar-refractivity contribution in [3.05, 3.63) is 77.6 Å². The van der Waals surface area contributed by atoms with Crippen LogP contribution >= 0.6 is 0 Å². The first kappa shape index (κ1) is 20.7. The minimum Gasteiger partial charge on any atom is -0.494 e. The number of rotatable bonds is 4. The van der Waals surface area contributed by atoms with Crippen molar-refractivity contribution in [3.63, 3.8) is 0 Å². The number of nitrogens with zero attached hydrogens (tertiary/aromatic N) is 2. The molecule has 3 aromatic rings. The summed E-state index contributed by atoms with van der Waals surface area (Å²) < 4.78 is 7.82. The quantitative estimate of drug-likeness (QED) is 0.591. The van der Waals surface area contributed by atoms with Crippen LogP contribution in [-0.2, 0) is 5.54 Å². The second kappa shape index (κ2) is 8.05. The van der Waals surface area contributed by atoms with Crippen LogP contribution in [0.3, 0.4) is 0 Å². The van der Waals surface area contributed by atoms with Crippen LogP contribution < -0.4 is 10.1 Å². The normalized spacial score (nSPS) is 16.4. The van der Waals surface area contributed by atoms with Crippen molar-refractivity contribution in [2.75, 3.05) is 25.0 Å². The minimum absolute atomic E-state index is 0.0941. The fourth-order valence-electron chi connectivity index (χ4n) is 5.04. The molecule has 1 saturated heterocycles. The molecule has 2 aromatic carbocycles. The summed E-state index contributed by atoms with van der Waals surface area (Å²) in [4.78, 5) is 15.1. The van der Waals surface area contributed by atoms with Gasteiger partial charge in [0.1, 0.15) is 5.75 Å². The van der Waals surface area contributed by atoms with E-state index in [0.29, 0.717) is 12.5 Å². The van der Waals surface area contributed by atoms with Crippen molar-refractivity contribution in [2.45, 2.75) is 45.1 Å². The Balaban J connectivity index is 1.37. The second-order valence-corrected chi connectivity index (χ2v) is 9.15. The molecule has 0 aliphatic carbocycles. The van der Waals surface area contributed by atoms with E-state index in [2.05, 4.69) is 60.3 Å². The Morgan fingerprint density at radius 3 is 2.53 bits per heavy atom. The first-order valence-corrected chi connectivity index (χ1v) is 11.6. The maximum absolute atomic E-state index is 13.1. The van der Waals surface area contributed by atoms with Crippen molar-refractivity contribution in [2.24, 2.45) is 0 Å². The van der Waals surface area contributed by atoms with Crippen LogP contribution in [0.1, 0.15) is 61.1 Å². The van der Waals surface area contributed by atoms with Crippen LogP contribution in [0.25, 0.3) is 5.69 Å². The average Bonchev–Trinajstić information content (AvgIpc) is 3.31. The largest absolute Gasteiger partial charge is 0.494 e. The molecule has 0 atom stereocenters. The Hall–Kier alpha value is -3.21. The van der Waals surface area contributed by atoms with Crippen LogP contribution in [0.5, 0.6) is 5.75 Å². The van der Waals surface area contributed by atoms with Crippen LogP contribution in [0, 0.1) is 0 Å². The van der Waals surface area contributed by atoms with Gasteiger partial charge in [-0.05, 0) is 79.8 Å². The summed E-state index contributed by atoms with van der Waals surface area (Å²) in [6.07, 6.45) is 3.92. The molecule has 5 nitrogen and oxygen atoms in total. The Kier molecular flexibility index (Phi) is 5.20. The number of ether oxygens (including phenoxy) is 1. The topological polar surface area (TPSA) is 46.5 Å². The van der Waals surface area contributed by atoms with Gasteiger partial charge in [-0.1, -0.05) is 19.9 Å². The zero-order valence-corrected chi connectivity index (χ0v) is 19.1. The molecule has 0 saturated carbocycles. The fourth-order valence-corrected chi connectivity index (χ4v) is 5.04. The van der Waals surface area contributed by atoms with Gasteiger partial charge in [-0.3, -0.25) is 4.79 Å². The average molecular weight is 430 g/mol. The third-order valence-electron chi connectivity index (χ3n) is 6.88. The zero-order valence-electron chi connectivity index (χ0n) is 19.1. The number of hydrogen-bond donors (Lipinski definition) is 1. The number of amides is 1. The van der Waals surface area contributed by atoms with Crippen molar-refractivity contribution in [1.29, 1.82) is 0 Å². The first-order valence-electron chi connectivity index (χ1n) is 11.6. The number of carbonyl (C=O) groups is 1. The molecule has 2 aliphatic heterocycles. The predicted octanol–water partition coefficient (Wildman–Crippen LogP) is 5.56.